The number of aromatic nitrogens is 1. The number of nitrogens with zero attached hydrogens (tertiary/aromatic N) is 1. The van der Waals surface area contributed by atoms with Gasteiger partial charge in [0, 0.05) is 6.20 Å². The fourth-order valence-corrected chi connectivity index (χ4v) is 1.18. The predicted molar refractivity (Wildman–Crippen MR) is 49.3 cm³/mol. The lowest BCUT2D eigenvalue weighted by Crippen LogP contribution is -1.89. The Hall–Kier alpha value is -1.05. The van der Waals surface area contributed by atoms with E-state index in [1.165, 1.54) is 0 Å². The van der Waals surface area contributed by atoms with E-state index in [-0.39, 0.29) is 0 Å². The van der Waals surface area contributed by atoms with Gasteiger partial charge in [0.25, 0.3) is 0 Å². The van der Waals surface area contributed by atoms with Crippen LogP contribution >= 0.6 is 0 Å². The Kier molecular flexibility index (Phi) is 3.09. The Morgan fingerprint density at radius 2 is 2.25 bits per heavy atom. The van der Waals surface area contributed by atoms with Crippen LogP contribution in [0.15, 0.2) is 12.3 Å². The average molecular weight is 165 g/mol. The van der Waals surface area contributed by atoms with Crippen molar-refractivity contribution in [3.05, 3.63) is 23.5 Å². The largest absolute Gasteiger partial charge is 0.506 e. The minimum absolute atomic E-state index is 0.367. The maximum Gasteiger partial charge on any atom is 0.139 e. The van der Waals surface area contributed by atoms with Gasteiger partial charge in [0.1, 0.15) is 5.75 Å². The second kappa shape index (κ2) is 4.10. The maximum absolute atomic E-state index is 9.56. The van der Waals surface area contributed by atoms with Gasteiger partial charge in [-0.1, -0.05) is 13.3 Å². The normalized spacial score (nSPS) is 10.2. The summed E-state index contributed by atoms with van der Waals surface area (Å²) in [4.78, 5) is 4.00. The van der Waals surface area contributed by atoms with Gasteiger partial charge in [-0.2, -0.15) is 0 Å². The van der Waals surface area contributed by atoms with Crippen molar-refractivity contribution in [3.8, 4) is 5.75 Å². The molecule has 0 aromatic carbocycles. The molecule has 66 valence electrons. The van der Waals surface area contributed by atoms with Crippen molar-refractivity contribution in [2.45, 2.75) is 33.1 Å². The van der Waals surface area contributed by atoms with Gasteiger partial charge in [-0.15, -0.1) is 0 Å². The molecule has 0 bridgehead atoms. The number of unbranched alkanes of at least 4 members (excludes halogenated alkanes) is 1. The number of hydrogen-bond donors (Lipinski definition) is 1. The van der Waals surface area contributed by atoms with Gasteiger partial charge in [0.05, 0.1) is 5.69 Å². The smallest absolute Gasteiger partial charge is 0.139 e. The van der Waals surface area contributed by atoms with Crippen LogP contribution in [0.5, 0.6) is 5.75 Å². The summed E-state index contributed by atoms with van der Waals surface area (Å²) in [6.07, 6.45) is 4.98. The van der Waals surface area contributed by atoms with Gasteiger partial charge >= 0.3 is 0 Å². The zero-order chi connectivity index (χ0) is 8.97. The van der Waals surface area contributed by atoms with Gasteiger partial charge in [-0.25, -0.2) is 0 Å². The Morgan fingerprint density at radius 3 is 2.92 bits per heavy atom. The number of aromatic hydroxyl groups is 1. The molecule has 2 heteroatoms. The highest BCUT2D eigenvalue weighted by Gasteiger charge is 2.02. The third kappa shape index (κ3) is 1.97. The molecule has 0 amide bonds. The summed E-state index contributed by atoms with van der Waals surface area (Å²) in [6.45, 7) is 3.97. The van der Waals surface area contributed by atoms with Crippen molar-refractivity contribution in [1.29, 1.82) is 0 Å². The zero-order valence-electron chi connectivity index (χ0n) is 7.67. The van der Waals surface area contributed by atoms with Crippen LogP contribution in [-0.4, -0.2) is 10.1 Å². The summed E-state index contributed by atoms with van der Waals surface area (Å²) in [7, 11) is 0. The summed E-state index contributed by atoms with van der Waals surface area (Å²) < 4.78 is 0. The Labute approximate surface area is 73.3 Å². The van der Waals surface area contributed by atoms with Crippen molar-refractivity contribution in [3.63, 3.8) is 0 Å². The van der Waals surface area contributed by atoms with Crippen molar-refractivity contribution < 1.29 is 5.11 Å². The Morgan fingerprint density at radius 1 is 1.50 bits per heavy atom. The number of pyridine rings is 1. The molecular weight excluding hydrogens is 150 g/mol. The summed E-state index contributed by atoms with van der Waals surface area (Å²) in [5.74, 6) is 0.367. The average Bonchev–Trinajstić information content (AvgIpc) is 2.08. The first kappa shape index (κ1) is 9.04. The van der Waals surface area contributed by atoms with Crippen molar-refractivity contribution >= 4 is 0 Å². The van der Waals surface area contributed by atoms with E-state index >= 15 is 0 Å². The van der Waals surface area contributed by atoms with E-state index in [0.717, 1.165) is 30.5 Å². The fraction of sp³-hybridized carbons (Fsp3) is 0.500. The summed E-state index contributed by atoms with van der Waals surface area (Å²) in [6, 6.07) is 1.89. The first-order valence-corrected chi connectivity index (χ1v) is 4.39. The molecule has 0 aliphatic carbocycles. The topological polar surface area (TPSA) is 33.1 Å². The van der Waals surface area contributed by atoms with Crippen LogP contribution in [0.3, 0.4) is 0 Å². The molecule has 1 aromatic rings. The molecule has 0 spiro atoms. The Balaban J connectivity index is 2.78. The minimum Gasteiger partial charge on any atom is -0.506 e. The van der Waals surface area contributed by atoms with E-state index in [9.17, 15) is 5.11 Å². The highest BCUT2D eigenvalue weighted by Crippen LogP contribution is 2.20. The quantitative estimate of drug-likeness (QED) is 0.746. The molecule has 1 N–H and O–H groups in total. The third-order valence-corrected chi connectivity index (χ3v) is 1.99. The number of rotatable bonds is 3. The van der Waals surface area contributed by atoms with Crippen LogP contribution in [-0.2, 0) is 6.42 Å². The van der Waals surface area contributed by atoms with Gasteiger partial charge in [-0.3, -0.25) is 4.98 Å². The summed E-state index contributed by atoms with van der Waals surface area (Å²) >= 11 is 0. The van der Waals surface area contributed by atoms with E-state index in [2.05, 4.69) is 11.9 Å². The third-order valence-electron chi connectivity index (χ3n) is 1.99. The molecule has 0 saturated carbocycles. The van der Waals surface area contributed by atoms with Crippen LogP contribution in [0, 0.1) is 6.92 Å². The van der Waals surface area contributed by atoms with E-state index in [0.29, 0.717) is 5.75 Å². The molecule has 0 saturated heterocycles. The summed E-state index contributed by atoms with van der Waals surface area (Å²) in [5.41, 5.74) is 1.74. The van der Waals surface area contributed by atoms with Crippen molar-refractivity contribution in [1.82, 2.24) is 4.98 Å². The van der Waals surface area contributed by atoms with Gasteiger partial charge < -0.3 is 5.11 Å². The SMILES string of the molecule is CCCCc1ccnc(C)c1O. The highest BCUT2D eigenvalue weighted by atomic mass is 16.3. The van der Waals surface area contributed by atoms with E-state index < -0.39 is 0 Å². The maximum atomic E-state index is 9.56. The van der Waals surface area contributed by atoms with Gasteiger partial charge in [0.2, 0.25) is 0 Å². The van der Waals surface area contributed by atoms with E-state index in [1.54, 1.807) is 6.20 Å². The van der Waals surface area contributed by atoms with Gasteiger partial charge in [0.15, 0.2) is 0 Å². The molecule has 2 nitrogen and oxygen atoms in total. The zero-order valence-corrected chi connectivity index (χ0v) is 7.67. The fourth-order valence-electron chi connectivity index (χ4n) is 1.18. The first-order valence-electron chi connectivity index (χ1n) is 4.39. The molecule has 1 rings (SSSR count). The van der Waals surface area contributed by atoms with Gasteiger partial charge in [-0.05, 0) is 31.4 Å². The molecule has 1 aromatic heterocycles. The predicted octanol–water partition coefficient (Wildman–Crippen LogP) is 2.44. The number of hydrogen-bond acceptors (Lipinski definition) is 2. The lowest BCUT2D eigenvalue weighted by atomic mass is 10.1. The molecule has 0 fully saturated rings. The van der Waals surface area contributed by atoms with E-state index in [4.69, 9.17) is 0 Å². The molecule has 1 heterocycles. The minimum atomic E-state index is 0.367. The molecule has 0 unspecified atom stereocenters. The molecule has 12 heavy (non-hydrogen) atoms. The lowest BCUT2D eigenvalue weighted by Gasteiger charge is -2.04. The van der Waals surface area contributed by atoms with Crippen LogP contribution < -0.4 is 0 Å². The van der Waals surface area contributed by atoms with Crippen LogP contribution in [0.1, 0.15) is 31.0 Å². The second-order valence-corrected chi connectivity index (χ2v) is 3.01. The van der Waals surface area contributed by atoms with Crippen molar-refractivity contribution in [2.75, 3.05) is 0 Å². The highest BCUT2D eigenvalue weighted by molar-refractivity contribution is 5.34. The molecule has 0 atom stereocenters. The second-order valence-electron chi connectivity index (χ2n) is 3.01. The monoisotopic (exact) mass is 165 g/mol. The van der Waals surface area contributed by atoms with E-state index in [1.807, 2.05) is 13.0 Å². The van der Waals surface area contributed by atoms with Crippen LogP contribution in [0.25, 0.3) is 0 Å². The molecule has 0 aliphatic heterocycles. The van der Waals surface area contributed by atoms with Crippen LogP contribution in [0.4, 0.5) is 0 Å². The molecule has 0 radical (unpaired) electrons. The molecular formula is C10H15NO. The van der Waals surface area contributed by atoms with Crippen molar-refractivity contribution in [2.24, 2.45) is 0 Å². The molecule has 0 aliphatic rings. The standard InChI is InChI=1S/C10H15NO/c1-3-4-5-9-6-7-11-8(2)10(9)12/h6-7,12H,3-5H2,1-2H3. The van der Waals surface area contributed by atoms with Crippen LogP contribution in [0.2, 0.25) is 0 Å². The first-order chi connectivity index (χ1) is 5.75. The summed E-state index contributed by atoms with van der Waals surface area (Å²) in [5, 5.41) is 9.56. The number of aryl methyl sites for hydroxylation is 2. The lowest BCUT2D eigenvalue weighted by molar-refractivity contribution is 0.459. The Bertz CT molecular complexity index is 258.